The summed E-state index contributed by atoms with van der Waals surface area (Å²) in [4.78, 5) is 0. The van der Waals surface area contributed by atoms with E-state index in [0.717, 1.165) is 0 Å². The molecular weight excluding hydrogens is 541 g/mol. The second kappa shape index (κ2) is 656. The van der Waals surface area contributed by atoms with Crippen molar-refractivity contribution in [3.05, 3.63) is 78.9 Å². The normalized spacial score (nSPS) is 0.857. The zero-order chi connectivity index (χ0) is 24.0. The molecule has 0 heterocycles. The van der Waals surface area contributed by atoms with E-state index < -0.39 is 0 Å². The van der Waals surface area contributed by atoms with E-state index in [0.29, 0.717) is 0 Å². The van der Waals surface area contributed by atoms with Crippen molar-refractivity contribution in [2.75, 3.05) is 0 Å². The van der Waals surface area contributed by atoms with Crippen LogP contribution in [0.15, 0.2) is 0 Å². The van der Waals surface area contributed by atoms with Gasteiger partial charge < -0.3 is 142 Å². The summed E-state index contributed by atoms with van der Waals surface area (Å²) >= 11 is 0. The molecule has 28 heavy (non-hydrogen) atoms. The van der Waals surface area contributed by atoms with Crippen molar-refractivity contribution in [2.24, 2.45) is 0 Å². The van der Waals surface area contributed by atoms with Crippen LogP contribution in [-0.2, 0) is 67.1 Å². The fraction of sp³-hybridized carbons (Fsp3) is 0. The Kier molecular flexibility index (Phi) is 4700. The van der Waals surface area contributed by atoms with Gasteiger partial charge in [-0.05, 0) is 0 Å². The molecule has 0 N–H and O–H groups in total. The van der Waals surface area contributed by atoms with Crippen molar-refractivity contribution in [2.45, 2.75) is 0 Å². The molecule has 0 spiro atoms. The Hall–Kier alpha value is -4.09. The molecule has 0 aliphatic heterocycles. The molecule has 0 saturated heterocycles. The molecule has 0 aliphatic carbocycles. The molecule has 0 amide bonds. The quantitative estimate of drug-likeness (QED) is 0.308. The molecule has 0 radical (unpaired) electrons. The first-order valence-electron chi connectivity index (χ1n) is 2.68. The summed E-state index contributed by atoms with van der Waals surface area (Å²) in [5, 5.41) is 75.0. The molecule has 12 nitrogen and oxygen atoms in total. The zero-order valence-corrected chi connectivity index (χ0v) is 16.9. The van der Waals surface area contributed by atoms with Crippen molar-refractivity contribution in [1.29, 1.82) is 63.1 Å². The smallest absolute Gasteiger partial charge is 0.512 e. The van der Waals surface area contributed by atoms with Gasteiger partial charge in [-0.1, -0.05) is 0 Å². The Balaban J connectivity index is -0.00000000396. The van der Waals surface area contributed by atoms with Crippen LogP contribution in [0.25, 0.3) is 0 Å². The predicted octanol–water partition coefficient (Wildman–Crippen LogP) is 1.15. The monoisotopic (exact) mass is 540 g/mol. The van der Waals surface area contributed by atoms with Crippen LogP contribution in [0, 0.1) is 142 Å². The van der Waals surface area contributed by atoms with E-state index in [2.05, 4.69) is 0 Å². The van der Waals surface area contributed by atoms with Gasteiger partial charge in [0.2, 0.25) is 0 Å². The van der Waals surface area contributed by atoms with Crippen molar-refractivity contribution >= 4 is 0 Å². The Morgan fingerprint density at radius 2 is 0.179 bits per heavy atom. The summed E-state index contributed by atoms with van der Waals surface area (Å²) < 4.78 is 0. The molecule has 16 heteroatoms. The van der Waals surface area contributed by atoms with E-state index >= 15 is 0 Å². The summed E-state index contributed by atoms with van der Waals surface area (Å²) in [5.74, 6) is 0. The van der Waals surface area contributed by atoms with Crippen molar-refractivity contribution < 1.29 is 67.1 Å². The molecule has 0 atom stereocenters. The maximum atomic E-state index is 6.25. The topological polar surface area (TPSA) is 285 Å². The Morgan fingerprint density at radius 1 is 0.179 bits per heavy atom. The molecule has 0 aromatic heterocycles. The first-order valence-corrected chi connectivity index (χ1v) is 2.68. The summed E-state index contributed by atoms with van der Waals surface area (Å²) in [6.45, 7) is 57.0. The van der Waals surface area contributed by atoms with Gasteiger partial charge in [-0.3, -0.25) is 0 Å². The first-order chi connectivity index (χ1) is 12.0. The van der Waals surface area contributed by atoms with Crippen LogP contribution in [-0.4, -0.2) is 0 Å². The maximum absolute atomic E-state index is 6.25. The number of hydrogen-bond donors (Lipinski definition) is 0. The molecule has 0 unspecified atom stereocenters. The summed E-state index contributed by atoms with van der Waals surface area (Å²) in [6, 6.07) is 0. The van der Waals surface area contributed by atoms with Crippen LogP contribution in [0.5, 0.6) is 0 Å². The predicted molar refractivity (Wildman–Crippen MR) is 59.6 cm³/mol. The van der Waals surface area contributed by atoms with Crippen LogP contribution in [0.4, 0.5) is 0 Å². The SMILES string of the molecule is [C-]#N.[C-]#N.[C-]#N.[C-]#N.[C-]#N.[C-]#N.[C-]#N.[C-]#N.[C-]#N.[C-]#N.[C-]#N.[C-]#N.[Fe+4].[Fe+4].[Ni+2].[Ni+2]. The van der Waals surface area contributed by atoms with Crippen molar-refractivity contribution in [3.8, 4) is 0 Å². The van der Waals surface area contributed by atoms with Gasteiger partial charge >= 0.3 is 67.1 Å². The van der Waals surface area contributed by atoms with Crippen LogP contribution in [0.2, 0.25) is 0 Å². The second-order valence-electron chi connectivity index (χ2n) is 0. The minimum Gasteiger partial charge on any atom is -0.512 e. The van der Waals surface area contributed by atoms with Crippen molar-refractivity contribution in [3.63, 3.8) is 0 Å². The third kappa shape index (κ3) is 571. The van der Waals surface area contributed by atoms with Gasteiger partial charge in [-0.15, -0.1) is 0 Å². The molecule has 0 fully saturated rings. The van der Waals surface area contributed by atoms with Crippen LogP contribution in [0.1, 0.15) is 0 Å². The minimum absolute atomic E-state index is 0. The van der Waals surface area contributed by atoms with E-state index in [1.165, 1.54) is 0 Å². The maximum Gasteiger partial charge on any atom is 4.00 e. The average Bonchev–Trinajstić information content (AvgIpc) is 2.84. The van der Waals surface area contributed by atoms with Crippen LogP contribution >= 0.6 is 0 Å². The minimum atomic E-state index is 0. The number of rotatable bonds is 0. The van der Waals surface area contributed by atoms with E-state index in [4.69, 9.17) is 142 Å². The van der Waals surface area contributed by atoms with Gasteiger partial charge in [-0.2, -0.15) is 0 Å². The van der Waals surface area contributed by atoms with E-state index in [9.17, 15) is 0 Å². The molecule has 0 aromatic carbocycles. The summed E-state index contributed by atoms with van der Waals surface area (Å²) in [5.41, 5.74) is 0. The third-order valence-corrected chi connectivity index (χ3v) is 0. The standard InChI is InChI=1S/12CN.2Fe.2Ni/c12*1-2;;;;/q12*-1;2*+4;2*+2. The molecule has 0 bridgehead atoms. The second-order valence-corrected chi connectivity index (χ2v) is 0. The van der Waals surface area contributed by atoms with Gasteiger partial charge in [0.1, 0.15) is 0 Å². The van der Waals surface area contributed by atoms with Gasteiger partial charge in [0, 0.05) is 0 Å². The van der Waals surface area contributed by atoms with Crippen molar-refractivity contribution in [1.82, 2.24) is 0 Å². The summed E-state index contributed by atoms with van der Waals surface area (Å²) in [6.07, 6.45) is 0. The molecule has 0 rings (SSSR count). The zero-order valence-electron chi connectivity index (χ0n) is 12.7. The molecule has 144 valence electrons. The van der Waals surface area contributed by atoms with E-state index in [1.807, 2.05) is 0 Å². The number of hydrogen-bond acceptors (Lipinski definition) is 12. The Labute approximate surface area is 208 Å². The molecular formula is C12Fe2N12Ni2. The molecule has 0 aromatic rings. The first kappa shape index (κ1) is 201. The van der Waals surface area contributed by atoms with E-state index in [1.54, 1.807) is 0 Å². The molecule has 0 saturated carbocycles. The number of nitrogens with zero attached hydrogens (tertiary/aromatic N) is 12. The fourth-order valence-electron chi connectivity index (χ4n) is 0. The third-order valence-electron chi connectivity index (χ3n) is 0. The van der Waals surface area contributed by atoms with Gasteiger partial charge in [0.05, 0.1) is 0 Å². The van der Waals surface area contributed by atoms with Gasteiger partial charge in [0.25, 0.3) is 0 Å². The Morgan fingerprint density at radius 3 is 0.179 bits per heavy atom. The average molecular weight is 541 g/mol. The largest absolute Gasteiger partial charge is 4.00 e. The van der Waals surface area contributed by atoms with Crippen LogP contribution in [0.3, 0.4) is 0 Å². The van der Waals surface area contributed by atoms with Gasteiger partial charge in [0.15, 0.2) is 0 Å². The molecule has 0 aliphatic rings. The summed E-state index contributed by atoms with van der Waals surface area (Å²) in [7, 11) is 0. The van der Waals surface area contributed by atoms with Gasteiger partial charge in [-0.25, -0.2) is 0 Å². The fourth-order valence-corrected chi connectivity index (χ4v) is 0. The Bertz CT molecular complexity index is 231. The van der Waals surface area contributed by atoms with E-state index in [-0.39, 0.29) is 67.1 Å². The van der Waals surface area contributed by atoms with Crippen LogP contribution < -0.4 is 0 Å².